The molecule has 2 aromatic rings. The summed E-state index contributed by atoms with van der Waals surface area (Å²) in [4.78, 5) is 26.2. The van der Waals surface area contributed by atoms with Crippen LogP contribution in [-0.2, 0) is 9.53 Å². The highest BCUT2D eigenvalue weighted by Gasteiger charge is 2.24. The van der Waals surface area contributed by atoms with Crippen LogP contribution in [0.3, 0.4) is 0 Å². The van der Waals surface area contributed by atoms with Gasteiger partial charge in [0.25, 0.3) is 5.91 Å². The van der Waals surface area contributed by atoms with Crippen molar-refractivity contribution in [3.05, 3.63) is 59.1 Å². The van der Waals surface area contributed by atoms with Gasteiger partial charge in [-0.05, 0) is 37.3 Å². The maximum Gasteiger partial charge on any atom is 0.342 e. The molecule has 1 atom stereocenters. The first-order valence-electron chi connectivity index (χ1n) is 7.31. The van der Waals surface area contributed by atoms with Crippen molar-refractivity contribution in [2.45, 2.75) is 13.0 Å². The van der Waals surface area contributed by atoms with Crippen LogP contribution in [0.5, 0.6) is 5.75 Å². The van der Waals surface area contributed by atoms with Gasteiger partial charge in [-0.25, -0.2) is 4.79 Å². The lowest BCUT2D eigenvalue weighted by atomic mass is 10.2. The van der Waals surface area contributed by atoms with Crippen molar-refractivity contribution in [3.63, 3.8) is 0 Å². The Bertz CT molecular complexity index is 733. The van der Waals surface area contributed by atoms with Gasteiger partial charge in [0.1, 0.15) is 11.3 Å². The minimum absolute atomic E-state index is 0.173. The molecule has 0 N–H and O–H groups in total. The number of carbonyl (C=O) groups excluding carboxylic acids is 2. The zero-order valence-corrected chi connectivity index (χ0v) is 14.4. The van der Waals surface area contributed by atoms with Gasteiger partial charge in [0.05, 0.1) is 7.11 Å². The molecule has 126 valence electrons. The number of rotatable bonds is 5. The van der Waals surface area contributed by atoms with E-state index in [4.69, 9.17) is 21.1 Å². The fourth-order valence-corrected chi connectivity index (χ4v) is 2.34. The number of esters is 1. The first-order valence-corrected chi connectivity index (χ1v) is 7.69. The number of ether oxygens (including phenoxy) is 2. The zero-order chi connectivity index (χ0) is 17.7. The molecule has 0 saturated carbocycles. The summed E-state index contributed by atoms with van der Waals surface area (Å²) in [5.41, 5.74) is 0.887. The van der Waals surface area contributed by atoms with E-state index in [9.17, 15) is 9.59 Å². The van der Waals surface area contributed by atoms with Crippen molar-refractivity contribution in [2.24, 2.45) is 0 Å². The molecule has 0 saturated heterocycles. The van der Waals surface area contributed by atoms with Crippen molar-refractivity contribution >= 4 is 29.2 Å². The second-order valence-electron chi connectivity index (χ2n) is 5.12. The van der Waals surface area contributed by atoms with Gasteiger partial charge < -0.3 is 14.4 Å². The average molecular weight is 348 g/mol. The van der Waals surface area contributed by atoms with Gasteiger partial charge in [-0.2, -0.15) is 0 Å². The molecular formula is C18H18ClNO4. The molecule has 0 aromatic heterocycles. The molecule has 0 aliphatic rings. The van der Waals surface area contributed by atoms with Gasteiger partial charge in [0.2, 0.25) is 0 Å². The lowest BCUT2D eigenvalue weighted by Crippen LogP contribution is -2.37. The van der Waals surface area contributed by atoms with Crippen LogP contribution in [0.25, 0.3) is 0 Å². The fraction of sp³-hybridized carbons (Fsp3) is 0.222. The smallest absolute Gasteiger partial charge is 0.342 e. The molecule has 2 aromatic carbocycles. The van der Waals surface area contributed by atoms with Crippen molar-refractivity contribution in [1.29, 1.82) is 0 Å². The molecule has 0 spiro atoms. The summed E-state index contributed by atoms with van der Waals surface area (Å²) in [6.45, 7) is 1.52. The Morgan fingerprint density at radius 3 is 2.42 bits per heavy atom. The number of nitrogens with zero attached hydrogens (tertiary/aromatic N) is 1. The number of para-hydroxylation sites is 1. The van der Waals surface area contributed by atoms with Gasteiger partial charge >= 0.3 is 5.97 Å². The standard InChI is InChI=1S/C18H18ClNO4/c1-12(17(21)20(2)14-7-5-4-6-8-14)24-18(22)15-11-13(19)9-10-16(15)23-3/h4-12H,1-3H3. The van der Waals surface area contributed by atoms with Crippen LogP contribution < -0.4 is 9.64 Å². The number of halogens is 1. The third-order valence-corrected chi connectivity index (χ3v) is 3.72. The number of benzene rings is 2. The second kappa shape index (κ2) is 7.84. The molecule has 2 rings (SSSR count). The van der Waals surface area contributed by atoms with E-state index in [1.165, 1.54) is 25.0 Å². The second-order valence-corrected chi connectivity index (χ2v) is 5.56. The minimum Gasteiger partial charge on any atom is -0.496 e. The fourth-order valence-electron chi connectivity index (χ4n) is 2.17. The number of carbonyl (C=O) groups is 2. The van der Waals surface area contributed by atoms with E-state index in [1.807, 2.05) is 18.2 Å². The summed E-state index contributed by atoms with van der Waals surface area (Å²) in [5.74, 6) is -0.673. The molecule has 0 radical (unpaired) electrons. The van der Waals surface area contributed by atoms with Crippen molar-refractivity contribution < 1.29 is 19.1 Å². The Labute approximate surface area is 145 Å². The number of amides is 1. The molecule has 0 heterocycles. The molecule has 0 aliphatic heterocycles. The lowest BCUT2D eigenvalue weighted by Gasteiger charge is -2.21. The Balaban J connectivity index is 2.11. The normalized spacial score (nSPS) is 11.5. The quantitative estimate of drug-likeness (QED) is 0.776. The van der Waals surface area contributed by atoms with Gasteiger partial charge in [-0.15, -0.1) is 0 Å². The van der Waals surface area contributed by atoms with Gasteiger partial charge in [-0.3, -0.25) is 4.79 Å². The first kappa shape index (κ1) is 17.8. The predicted octanol–water partition coefficient (Wildman–Crippen LogP) is 3.56. The van der Waals surface area contributed by atoms with E-state index in [1.54, 1.807) is 31.3 Å². The summed E-state index contributed by atoms with van der Waals surface area (Å²) in [6.07, 6.45) is -0.952. The van der Waals surface area contributed by atoms with E-state index < -0.39 is 12.1 Å². The highest BCUT2D eigenvalue weighted by atomic mass is 35.5. The first-order chi connectivity index (χ1) is 11.4. The van der Waals surface area contributed by atoms with Crippen molar-refractivity contribution in [1.82, 2.24) is 0 Å². The van der Waals surface area contributed by atoms with E-state index in [2.05, 4.69) is 0 Å². The molecule has 5 nitrogen and oxygen atoms in total. The van der Waals surface area contributed by atoms with Gasteiger partial charge in [0, 0.05) is 17.8 Å². The Kier molecular flexibility index (Phi) is 5.82. The van der Waals surface area contributed by atoms with Crippen LogP contribution in [-0.4, -0.2) is 32.1 Å². The molecule has 1 amide bonds. The number of hydrogen-bond acceptors (Lipinski definition) is 4. The topological polar surface area (TPSA) is 55.8 Å². The van der Waals surface area contributed by atoms with E-state index in [-0.39, 0.29) is 11.5 Å². The highest BCUT2D eigenvalue weighted by Crippen LogP contribution is 2.24. The molecule has 24 heavy (non-hydrogen) atoms. The van der Waals surface area contributed by atoms with Crippen LogP contribution in [0.2, 0.25) is 5.02 Å². The third-order valence-electron chi connectivity index (χ3n) is 3.49. The number of likely N-dealkylation sites (N-methyl/N-ethyl adjacent to an activating group) is 1. The third kappa shape index (κ3) is 4.06. The summed E-state index contributed by atoms with van der Waals surface area (Å²) in [7, 11) is 3.07. The molecule has 1 unspecified atom stereocenters. The molecular weight excluding hydrogens is 330 g/mol. The average Bonchev–Trinajstić information content (AvgIpc) is 2.61. The monoisotopic (exact) mass is 347 g/mol. The van der Waals surface area contributed by atoms with Crippen LogP contribution in [0.4, 0.5) is 5.69 Å². The van der Waals surface area contributed by atoms with Crippen LogP contribution in [0.15, 0.2) is 48.5 Å². The molecule has 6 heteroatoms. The molecule has 0 aliphatic carbocycles. The van der Waals surface area contributed by atoms with Crippen LogP contribution >= 0.6 is 11.6 Å². The Morgan fingerprint density at radius 1 is 1.12 bits per heavy atom. The SMILES string of the molecule is COc1ccc(Cl)cc1C(=O)OC(C)C(=O)N(C)c1ccccc1. The summed E-state index contributed by atoms with van der Waals surface area (Å²) in [6, 6.07) is 13.7. The van der Waals surface area contributed by atoms with E-state index in [0.717, 1.165) is 0 Å². The van der Waals surface area contributed by atoms with E-state index >= 15 is 0 Å². The van der Waals surface area contributed by atoms with Crippen molar-refractivity contribution in [3.8, 4) is 5.75 Å². The number of hydrogen-bond donors (Lipinski definition) is 0. The summed E-state index contributed by atoms with van der Waals surface area (Å²) >= 11 is 5.91. The predicted molar refractivity (Wildman–Crippen MR) is 92.7 cm³/mol. The van der Waals surface area contributed by atoms with Gasteiger partial charge in [-0.1, -0.05) is 29.8 Å². The van der Waals surface area contributed by atoms with Crippen LogP contribution in [0.1, 0.15) is 17.3 Å². The van der Waals surface area contributed by atoms with Crippen LogP contribution in [0, 0.1) is 0 Å². The summed E-state index contributed by atoms with van der Waals surface area (Å²) < 4.78 is 10.4. The Morgan fingerprint density at radius 2 is 1.79 bits per heavy atom. The minimum atomic E-state index is -0.952. The lowest BCUT2D eigenvalue weighted by molar-refractivity contribution is -0.126. The zero-order valence-electron chi connectivity index (χ0n) is 13.7. The van der Waals surface area contributed by atoms with E-state index in [0.29, 0.717) is 16.5 Å². The molecule has 0 bridgehead atoms. The summed E-state index contributed by atoms with van der Waals surface area (Å²) in [5, 5.41) is 0.378. The maximum absolute atomic E-state index is 12.4. The van der Waals surface area contributed by atoms with Gasteiger partial charge in [0.15, 0.2) is 6.10 Å². The Hall–Kier alpha value is -2.53. The number of anilines is 1. The maximum atomic E-state index is 12.4. The highest BCUT2D eigenvalue weighted by molar-refractivity contribution is 6.31. The van der Waals surface area contributed by atoms with Crippen molar-refractivity contribution in [2.75, 3.05) is 19.1 Å². The largest absolute Gasteiger partial charge is 0.496 e. The molecule has 0 fully saturated rings. The number of methoxy groups -OCH3 is 1.